The fourth-order valence-corrected chi connectivity index (χ4v) is 4.66. The smallest absolute Gasteiger partial charge is 0.276 e. The normalized spacial score (nSPS) is 12.5. The summed E-state index contributed by atoms with van der Waals surface area (Å²) in [5.74, 6) is 0. The van der Waals surface area contributed by atoms with Crippen LogP contribution in [0.3, 0.4) is 0 Å². The number of benzene rings is 3. The van der Waals surface area contributed by atoms with Crippen molar-refractivity contribution in [1.29, 1.82) is 0 Å². The number of aromatic nitrogens is 1. The molecule has 3 aromatic carbocycles. The van der Waals surface area contributed by atoms with Crippen LogP contribution in [-0.2, 0) is 22.0 Å². The number of para-hydroxylation sites is 1. The molecular weight excluding hydrogens is 430 g/mol. The van der Waals surface area contributed by atoms with Crippen molar-refractivity contribution in [2.24, 2.45) is 5.10 Å². The fourth-order valence-electron chi connectivity index (χ4n) is 3.87. The molecule has 33 heavy (non-hydrogen) atoms. The molecule has 0 fully saturated rings. The van der Waals surface area contributed by atoms with E-state index in [0.29, 0.717) is 0 Å². The van der Waals surface area contributed by atoms with Crippen LogP contribution >= 0.6 is 0 Å². The fraction of sp³-hybridized carbons (Fsp3) is 0.222. The number of nitrogens with zero attached hydrogens (tertiary/aromatic N) is 2. The number of hydrazone groups is 1. The SMILES string of the molecule is Cc1cccc(Cn2cc(/C=N\NS(=O)(=O)c3ccc(C(C)(C)C)cc3)c3ccccc32)c1. The van der Waals surface area contributed by atoms with Crippen LogP contribution < -0.4 is 4.83 Å². The summed E-state index contributed by atoms with van der Waals surface area (Å²) in [6, 6.07) is 23.4. The second kappa shape index (κ2) is 8.87. The summed E-state index contributed by atoms with van der Waals surface area (Å²) in [5.41, 5.74) is 5.38. The van der Waals surface area contributed by atoms with Crippen molar-refractivity contribution >= 4 is 27.1 Å². The van der Waals surface area contributed by atoms with Crippen LogP contribution in [0.25, 0.3) is 10.9 Å². The van der Waals surface area contributed by atoms with Crippen LogP contribution in [0.4, 0.5) is 0 Å². The minimum atomic E-state index is -3.75. The molecule has 6 heteroatoms. The molecule has 0 saturated carbocycles. The van der Waals surface area contributed by atoms with E-state index in [1.54, 1.807) is 18.3 Å². The van der Waals surface area contributed by atoms with Crippen LogP contribution in [0.1, 0.15) is 43.0 Å². The van der Waals surface area contributed by atoms with E-state index in [0.717, 1.165) is 28.6 Å². The number of nitrogens with one attached hydrogen (secondary N) is 1. The lowest BCUT2D eigenvalue weighted by Crippen LogP contribution is -2.19. The summed E-state index contributed by atoms with van der Waals surface area (Å²) in [4.78, 5) is 2.53. The van der Waals surface area contributed by atoms with Gasteiger partial charge in [-0.2, -0.15) is 13.5 Å². The van der Waals surface area contributed by atoms with Crippen molar-refractivity contribution < 1.29 is 8.42 Å². The lowest BCUT2D eigenvalue weighted by Gasteiger charge is -2.19. The first kappa shape index (κ1) is 22.8. The lowest BCUT2D eigenvalue weighted by atomic mass is 9.87. The third-order valence-corrected chi connectivity index (χ3v) is 6.90. The Morgan fingerprint density at radius 1 is 0.970 bits per heavy atom. The van der Waals surface area contributed by atoms with Gasteiger partial charge in [0.25, 0.3) is 10.0 Å². The molecule has 0 saturated heterocycles. The molecule has 0 aliphatic heterocycles. The zero-order chi connectivity index (χ0) is 23.6. The first-order chi connectivity index (χ1) is 15.6. The van der Waals surface area contributed by atoms with Crippen molar-refractivity contribution in [3.8, 4) is 0 Å². The minimum Gasteiger partial charge on any atom is -0.342 e. The molecule has 1 aromatic heterocycles. The molecule has 4 rings (SSSR count). The van der Waals surface area contributed by atoms with E-state index in [1.165, 1.54) is 11.1 Å². The van der Waals surface area contributed by atoms with Gasteiger partial charge in [0.15, 0.2) is 0 Å². The van der Waals surface area contributed by atoms with Gasteiger partial charge in [-0.25, -0.2) is 4.83 Å². The average molecular weight is 460 g/mol. The van der Waals surface area contributed by atoms with Crippen molar-refractivity contribution in [2.45, 2.75) is 44.6 Å². The molecule has 0 spiro atoms. The molecule has 0 aliphatic carbocycles. The zero-order valence-corrected chi connectivity index (χ0v) is 20.2. The summed E-state index contributed by atoms with van der Waals surface area (Å²) >= 11 is 0. The number of fused-ring (bicyclic) bond motifs is 1. The van der Waals surface area contributed by atoms with Gasteiger partial charge in [0.05, 0.1) is 11.1 Å². The standard InChI is InChI=1S/C27H29N3O2S/c1-20-8-7-9-21(16-20)18-30-19-22(25-10-5-6-11-26(25)30)17-28-29-33(31,32)24-14-12-23(13-15-24)27(2,3)4/h5-17,19,29H,18H2,1-4H3/b28-17-. The van der Waals surface area contributed by atoms with Gasteiger partial charge in [0.1, 0.15) is 0 Å². The van der Waals surface area contributed by atoms with Gasteiger partial charge in [-0.3, -0.25) is 0 Å². The van der Waals surface area contributed by atoms with E-state index in [-0.39, 0.29) is 10.3 Å². The average Bonchev–Trinajstić information content (AvgIpc) is 3.11. The van der Waals surface area contributed by atoms with Crippen LogP contribution in [0.5, 0.6) is 0 Å². The Labute approximate surface area is 195 Å². The lowest BCUT2D eigenvalue weighted by molar-refractivity contribution is 0.580. The zero-order valence-electron chi connectivity index (χ0n) is 19.4. The van der Waals surface area contributed by atoms with Crippen LogP contribution in [0.2, 0.25) is 0 Å². The highest BCUT2D eigenvalue weighted by Crippen LogP contribution is 2.24. The predicted octanol–water partition coefficient (Wildman–Crippen LogP) is 5.61. The summed E-state index contributed by atoms with van der Waals surface area (Å²) in [5, 5.41) is 5.09. The Bertz CT molecular complexity index is 1410. The van der Waals surface area contributed by atoms with Crippen LogP contribution in [0.15, 0.2) is 89.0 Å². The maximum absolute atomic E-state index is 12.7. The molecule has 1 N–H and O–H groups in total. The van der Waals surface area contributed by atoms with Gasteiger partial charge in [0, 0.05) is 29.2 Å². The largest absolute Gasteiger partial charge is 0.342 e. The summed E-state index contributed by atoms with van der Waals surface area (Å²) < 4.78 is 27.5. The molecular formula is C27H29N3O2S. The van der Waals surface area contributed by atoms with Gasteiger partial charge in [-0.15, -0.1) is 0 Å². The summed E-state index contributed by atoms with van der Waals surface area (Å²) in [7, 11) is -3.75. The number of rotatable bonds is 6. The van der Waals surface area contributed by atoms with Gasteiger partial charge in [0.2, 0.25) is 0 Å². The second-order valence-corrected chi connectivity index (χ2v) is 11.0. The molecule has 170 valence electrons. The molecule has 1 heterocycles. The Hall–Kier alpha value is -3.38. The Morgan fingerprint density at radius 3 is 2.39 bits per heavy atom. The maximum Gasteiger partial charge on any atom is 0.276 e. The van der Waals surface area contributed by atoms with E-state index in [4.69, 9.17) is 0 Å². The van der Waals surface area contributed by atoms with E-state index in [2.05, 4.69) is 72.5 Å². The molecule has 0 bridgehead atoms. The first-order valence-electron chi connectivity index (χ1n) is 10.9. The number of hydrogen-bond donors (Lipinski definition) is 1. The molecule has 5 nitrogen and oxygen atoms in total. The highest BCUT2D eigenvalue weighted by atomic mass is 32.2. The van der Waals surface area contributed by atoms with Gasteiger partial charge in [-0.1, -0.05) is 80.9 Å². The second-order valence-electron chi connectivity index (χ2n) is 9.35. The van der Waals surface area contributed by atoms with E-state index >= 15 is 0 Å². The summed E-state index contributed by atoms with van der Waals surface area (Å²) in [6.45, 7) is 9.08. The number of aryl methyl sites for hydroxylation is 1. The summed E-state index contributed by atoms with van der Waals surface area (Å²) in [6.07, 6.45) is 3.57. The third kappa shape index (κ3) is 5.17. The molecule has 0 radical (unpaired) electrons. The van der Waals surface area contributed by atoms with Gasteiger partial charge in [-0.05, 0) is 41.7 Å². The molecule has 0 aliphatic rings. The first-order valence-corrected chi connectivity index (χ1v) is 12.4. The van der Waals surface area contributed by atoms with Crippen molar-refractivity contribution in [3.05, 3.63) is 101 Å². The Kier molecular flexibility index (Phi) is 6.13. The molecule has 0 amide bonds. The van der Waals surface area contributed by atoms with E-state index < -0.39 is 10.0 Å². The molecule has 0 unspecified atom stereocenters. The maximum atomic E-state index is 12.7. The topological polar surface area (TPSA) is 63.5 Å². The third-order valence-electron chi connectivity index (χ3n) is 5.66. The quantitative estimate of drug-likeness (QED) is 0.301. The van der Waals surface area contributed by atoms with Crippen LogP contribution in [-0.4, -0.2) is 19.2 Å². The number of hydrogen-bond acceptors (Lipinski definition) is 3. The van der Waals surface area contributed by atoms with Gasteiger partial charge < -0.3 is 4.57 Å². The molecule has 0 atom stereocenters. The Morgan fingerprint density at radius 2 is 1.70 bits per heavy atom. The highest BCUT2D eigenvalue weighted by molar-refractivity contribution is 7.89. The van der Waals surface area contributed by atoms with Crippen molar-refractivity contribution in [2.75, 3.05) is 0 Å². The van der Waals surface area contributed by atoms with Crippen LogP contribution in [0, 0.1) is 6.92 Å². The Balaban J connectivity index is 1.57. The highest BCUT2D eigenvalue weighted by Gasteiger charge is 2.17. The minimum absolute atomic E-state index is 0.0411. The monoisotopic (exact) mass is 459 g/mol. The van der Waals surface area contributed by atoms with E-state index in [9.17, 15) is 8.42 Å². The molecule has 4 aromatic rings. The van der Waals surface area contributed by atoms with Crippen molar-refractivity contribution in [1.82, 2.24) is 9.40 Å². The van der Waals surface area contributed by atoms with Gasteiger partial charge >= 0.3 is 0 Å². The predicted molar refractivity (Wildman–Crippen MR) is 135 cm³/mol. The number of sulfonamides is 1. The van der Waals surface area contributed by atoms with E-state index in [1.807, 2.05) is 36.5 Å². The van der Waals surface area contributed by atoms with Crippen molar-refractivity contribution in [3.63, 3.8) is 0 Å².